The van der Waals surface area contributed by atoms with Crippen LogP contribution >= 0.6 is 15.9 Å². The van der Waals surface area contributed by atoms with Gasteiger partial charge >= 0.3 is 0 Å². The number of nitrogens with one attached hydrogen (secondary N) is 3. The van der Waals surface area contributed by atoms with Crippen LogP contribution in [0.2, 0.25) is 0 Å². The summed E-state index contributed by atoms with van der Waals surface area (Å²) in [5.74, 6) is 0.502. The lowest BCUT2D eigenvalue weighted by Crippen LogP contribution is -2.29. The largest absolute Gasteiger partial charge is 0.382 e. The van der Waals surface area contributed by atoms with E-state index in [-0.39, 0.29) is 18.0 Å². The Bertz CT molecular complexity index is 961. The Morgan fingerprint density at radius 3 is 2.55 bits per heavy atom. The van der Waals surface area contributed by atoms with Gasteiger partial charge < -0.3 is 15.6 Å². The van der Waals surface area contributed by atoms with E-state index in [1.54, 1.807) is 0 Å². The molecule has 1 atom stereocenters. The van der Waals surface area contributed by atoms with E-state index >= 15 is 0 Å². The van der Waals surface area contributed by atoms with Crippen molar-refractivity contribution in [2.24, 2.45) is 5.92 Å². The highest BCUT2D eigenvalue weighted by Crippen LogP contribution is 2.31. The number of hydrogen-bond donors (Lipinski definition) is 3. The van der Waals surface area contributed by atoms with Crippen LogP contribution in [0.4, 0.5) is 5.69 Å². The van der Waals surface area contributed by atoms with Crippen LogP contribution in [0.1, 0.15) is 65.3 Å². The van der Waals surface area contributed by atoms with Crippen LogP contribution in [0.15, 0.2) is 27.5 Å². The van der Waals surface area contributed by atoms with E-state index in [0.29, 0.717) is 23.1 Å². The zero-order valence-electron chi connectivity index (χ0n) is 17.6. The van der Waals surface area contributed by atoms with Crippen molar-refractivity contribution in [3.05, 3.63) is 61.0 Å². The fourth-order valence-electron chi connectivity index (χ4n) is 4.25. The van der Waals surface area contributed by atoms with Gasteiger partial charge in [-0.15, -0.1) is 0 Å². The number of H-pyrrole nitrogens is 1. The van der Waals surface area contributed by atoms with Gasteiger partial charge in [-0.3, -0.25) is 9.59 Å². The molecule has 1 aromatic carbocycles. The fraction of sp³-hybridized carbons (Fsp3) is 0.478. The molecule has 3 N–H and O–H groups in total. The molecule has 1 aromatic heterocycles. The first-order valence-corrected chi connectivity index (χ1v) is 11.1. The van der Waals surface area contributed by atoms with E-state index in [1.165, 1.54) is 25.7 Å². The van der Waals surface area contributed by atoms with Gasteiger partial charge in [-0.2, -0.15) is 0 Å². The zero-order chi connectivity index (χ0) is 21.1. The van der Waals surface area contributed by atoms with E-state index in [4.69, 9.17) is 0 Å². The molecular formula is C23H30BrN3O2. The summed E-state index contributed by atoms with van der Waals surface area (Å²) in [6.45, 7) is 8.13. The van der Waals surface area contributed by atoms with Crippen molar-refractivity contribution in [3.63, 3.8) is 0 Å². The minimum atomic E-state index is -0.181. The van der Waals surface area contributed by atoms with Crippen LogP contribution in [0, 0.1) is 26.7 Å². The second-order valence-electron chi connectivity index (χ2n) is 8.23. The van der Waals surface area contributed by atoms with Crippen LogP contribution in [-0.2, 0) is 6.54 Å². The fourth-order valence-corrected chi connectivity index (χ4v) is 4.71. The molecule has 0 bridgehead atoms. The summed E-state index contributed by atoms with van der Waals surface area (Å²) in [6.07, 6.45) is 5.14. The van der Waals surface area contributed by atoms with Crippen molar-refractivity contribution in [1.82, 2.24) is 10.3 Å². The van der Waals surface area contributed by atoms with Gasteiger partial charge in [0.1, 0.15) is 0 Å². The van der Waals surface area contributed by atoms with Gasteiger partial charge in [-0.05, 0) is 75.8 Å². The summed E-state index contributed by atoms with van der Waals surface area (Å²) in [5, 5.41) is 6.53. The predicted octanol–water partition coefficient (Wildman–Crippen LogP) is 4.98. The minimum Gasteiger partial charge on any atom is -0.382 e. The highest BCUT2D eigenvalue weighted by Gasteiger charge is 2.23. The maximum atomic E-state index is 12.9. The molecule has 0 radical (unpaired) electrons. The second-order valence-corrected chi connectivity index (χ2v) is 9.14. The van der Waals surface area contributed by atoms with Crippen LogP contribution in [0.3, 0.4) is 0 Å². The van der Waals surface area contributed by atoms with Gasteiger partial charge in [-0.25, -0.2) is 0 Å². The van der Waals surface area contributed by atoms with Gasteiger partial charge in [-0.1, -0.05) is 28.8 Å². The van der Waals surface area contributed by atoms with Crippen LogP contribution in [-0.4, -0.2) is 16.9 Å². The molecule has 1 saturated carbocycles. The molecule has 5 nitrogen and oxygen atoms in total. The maximum absolute atomic E-state index is 12.9. The third-order valence-electron chi connectivity index (χ3n) is 6.03. The van der Waals surface area contributed by atoms with Crippen molar-refractivity contribution in [1.29, 1.82) is 0 Å². The molecule has 0 aliphatic heterocycles. The number of aromatic nitrogens is 1. The first-order valence-electron chi connectivity index (χ1n) is 10.3. The van der Waals surface area contributed by atoms with Crippen LogP contribution in [0.25, 0.3) is 0 Å². The lowest BCUT2D eigenvalue weighted by atomic mass is 9.98. The molecule has 1 unspecified atom stereocenters. The minimum absolute atomic E-state index is 0.151. The molecular weight excluding hydrogens is 430 g/mol. The summed E-state index contributed by atoms with van der Waals surface area (Å²) in [7, 11) is 0. The number of halogens is 1. The SMILES string of the molecule is Cc1cc(C)c(CNC(=O)c2cc(Br)cc(NC(C)C3CCCC3)c2C)c(=O)[nH]1. The number of aromatic amines is 1. The molecule has 3 rings (SSSR count). The average Bonchev–Trinajstić information content (AvgIpc) is 3.18. The monoisotopic (exact) mass is 459 g/mol. The number of rotatable bonds is 6. The van der Waals surface area contributed by atoms with E-state index in [0.717, 1.165) is 27.0 Å². The summed E-state index contributed by atoms with van der Waals surface area (Å²) >= 11 is 3.54. The number of carbonyl (C=O) groups excluding carboxylic acids is 1. The highest BCUT2D eigenvalue weighted by molar-refractivity contribution is 9.10. The predicted molar refractivity (Wildman–Crippen MR) is 122 cm³/mol. The number of anilines is 1. The van der Waals surface area contributed by atoms with E-state index in [1.807, 2.05) is 39.0 Å². The molecule has 0 spiro atoms. The van der Waals surface area contributed by atoms with Gasteiger partial charge in [0, 0.05) is 39.6 Å². The highest BCUT2D eigenvalue weighted by atomic mass is 79.9. The Balaban J connectivity index is 1.77. The van der Waals surface area contributed by atoms with Crippen molar-refractivity contribution in [2.45, 2.75) is 66.0 Å². The number of hydrogen-bond acceptors (Lipinski definition) is 3. The standard InChI is InChI=1S/C23H30BrN3O2/c1-13-9-14(2)26-23(29)20(13)12-25-22(28)19-10-18(24)11-21(15(19)3)27-16(4)17-7-5-6-8-17/h9-11,16-17,27H,5-8,12H2,1-4H3,(H,25,28)(H,26,29). The molecule has 1 amide bonds. The normalized spacial score (nSPS) is 15.3. The summed E-state index contributed by atoms with van der Waals surface area (Å²) in [6, 6.07) is 6.16. The molecule has 0 saturated heterocycles. The number of carbonyl (C=O) groups is 1. The first kappa shape index (κ1) is 21.6. The van der Waals surface area contributed by atoms with E-state index < -0.39 is 0 Å². The lowest BCUT2D eigenvalue weighted by Gasteiger charge is -2.24. The summed E-state index contributed by atoms with van der Waals surface area (Å²) < 4.78 is 0.860. The second kappa shape index (κ2) is 9.16. The Kier molecular flexibility index (Phi) is 6.83. The third-order valence-corrected chi connectivity index (χ3v) is 6.48. The van der Waals surface area contributed by atoms with E-state index in [9.17, 15) is 9.59 Å². The van der Waals surface area contributed by atoms with Gasteiger partial charge in [0.15, 0.2) is 0 Å². The molecule has 2 aromatic rings. The molecule has 1 aliphatic rings. The molecule has 29 heavy (non-hydrogen) atoms. The number of pyridine rings is 1. The smallest absolute Gasteiger partial charge is 0.253 e. The van der Waals surface area contributed by atoms with Crippen molar-refractivity contribution >= 4 is 27.5 Å². The Morgan fingerprint density at radius 1 is 1.21 bits per heavy atom. The molecule has 1 heterocycles. The molecule has 1 aliphatic carbocycles. The number of benzene rings is 1. The Morgan fingerprint density at radius 2 is 1.90 bits per heavy atom. The van der Waals surface area contributed by atoms with Crippen LogP contribution < -0.4 is 16.2 Å². The van der Waals surface area contributed by atoms with E-state index in [2.05, 4.69) is 38.5 Å². The topological polar surface area (TPSA) is 74.0 Å². The third kappa shape index (κ3) is 5.10. The zero-order valence-corrected chi connectivity index (χ0v) is 19.2. The molecule has 156 valence electrons. The maximum Gasteiger partial charge on any atom is 0.253 e. The van der Waals surface area contributed by atoms with Gasteiger partial charge in [0.2, 0.25) is 0 Å². The number of amides is 1. The van der Waals surface area contributed by atoms with Crippen LogP contribution in [0.5, 0.6) is 0 Å². The summed E-state index contributed by atoms with van der Waals surface area (Å²) in [5.41, 5.74) is 4.65. The Labute approximate surface area is 180 Å². The summed E-state index contributed by atoms with van der Waals surface area (Å²) in [4.78, 5) is 27.9. The van der Waals surface area contributed by atoms with Gasteiger partial charge in [0.25, 0.3) is 11.5 Å². The molecule has 1 fully saturated rings. The number of aryl methyl sites for hydroxylation is 2. The Hall–Kier alpha value is -2.08. The van der Waals surface area contributed by atoms with Crippen molar-refractivity contribution in [2.75, 3.05) is 5.32 Å². The average molecular weight is 460 g/mol. The van der Waals surface area contributed by atoms with Gasteiger partial charge in [0.05, 0.1) is 0 Å². The first-order chi connectivity index (χ1) is 13.8. The quantitative estimate of drug-likeness (QED) is 0.569. The molecule has 6 heteroatoms. The van der Waals surface area contributed by atoms with Crippen molar-refractivity contribution < 1.29 is 4.79 Å². The lowest BCUT2D eigenvalue weighted by molar-refractivity contribution is 0.0950. The van der Waals surface area contributed by atoms with Crippen molar-refractivity contribution in [3.8, 4) is 0 Å².